The van der Waals surface area contributed by atoms with Gasteiger partial charge in [0.1, 0.15) is 13.2 Å². The Morgan fingerprint density at radius 2 is 2.12 bits per heavy atom. The van der Waals surface area contributed by atoms with Crippen molar-refractivity contribution in [2.24, 2.45) is 5.92 Å². The molecule has 1 aliphatic heterocycles. The molecule has 0 saturated heterocycles. The van der Waals surface area contributed by atoms with Crippen molar-refractivity contribution in [3.63, 3.8) is 0 Å². The maximum atomic E-state index is 12.3. The van der Waals surface area contributed by atoms with Crippen molar-refractivity contribution in [1.29, 1.82) is 0 Å². The first-order valence-corrected chi connectivity index (χ1v) is 9.01. The summed E-state index contributed by atoms with van der Waals surface area (Å²) in [7, 11) is 0. The van der Waals surface area contributed by atoms with E-state index in [0.29, 0.717) is 24.1 Å². The lowest BCUT2D eigenvalue weighted by molar-refractivity contribution is -0.119. The Kier molecular flexibility index (Phi) is 5.32. The number of aromatic nitrogens is 3. The van der Waals surface area contributed by atoms with Gasteiger partial charge in [-0.1, -0.05) is 31.7 Å². The monoisotopic (exact) mass is 363 g/mol. The minimum absolute atomic E-state index is 0.0954. The van der Waals surface area contributed by atoms with Gasteiger partial charge in [0.15, 0.2) is 11.5 Å². The van der Waals surface area contributed by atoms with E-state index in [9.17, 15) is 4.79 Å². The molecule has 25 heavy (non-hydrogen) atoms. The molecule has 0 fully saturated rings. The molecule has 0 spiro atoms. The van der Waals surface area contributed by atoms with Gasteiger partial charge >= 0.3 is 0 Å². The summed E-state index contributed by atoms with van der Waals surface area (Å²) in [6.45, 7) is 5.21. The number of rotatable bonds is 6. The van der Waals surface area contributed by atoms with Crippen LogP contribution in [0.5, 0.6) is 11.5 Å². The smallest absolute Gasteiger partial charge is 0.230 e. The van der Waals surface area contributed by atoms with Crippen molar-refractivity contribution in [2.75, 3.05) is 24.7 Å². The fraction of sp³-hybridized carbons (Fsp3) is 0.438. The molecule has 0 aliphatic carbocycles. The number of amides is 1. The van der Waals surface area contributed by atoms with Crippen LogP contribution in [0.3, 0.4) is 0 Å². The summed E-state index contributed by atoms with van der Waals surface area (Å²) in [6, 6.07) is 5.65. The summed E-state index contributed by atoms with van der Waals surface area (Å²) in [5.41, 5.74) is 6.46. The quantitative estimate of drug-likeness (QED) is 0.670. The zero-order valence-electron chi connectivity index (χ0n) is 14.1. The summed E-state index contributed by atoms with van der Waals surface area (Å²) in [6.07, 6.45) is 0. The minimum atomic E-state index is -0.124. The van der Waals surface area contributed by atoms with E-state index in [2.05, 4.69) is 34.3 Å². The van der Waals surface area contributed by atoms with Crippen LogP contribution < -0.4 is 20.5 Å². The number of benzene rings is 1. The molecule has 8 nitrogen and oxygen atoms in total. The molecule has 1 aliphatic rings. The van der Waals surface area contributed by atoms with Crippen LogP contribution in [0.15, 0.2) is 23.4 Å². The van der Waals surface area contributed by atoms with Crippen molar-refractivity contribution in [3.8, 4) is 11.5 Å². The molecule has 0 bridgehead atoms. The molecule has 1 atom stereocenters. The molecule has 4 N–H and O–H groups in total. The molecule has 1 amide bonds. The van der Waals surface area contributed by atoms with Gasteiger partial charge in [0.05, 0.1) is 11.8 Å². The van der Waals surface area contributed by atoms with Crippen LogP contribution in [0.25, 0.3) is 0 Å². The normalized spacial score (nSPS) is 14.4. The first kappa shape index (κ1) is 17.4. The molecule has 2 aromatic rings. The number of fused-ring (bicyclic) bond motifs is 1. The molecule has 134 valence electrons. The summed E-state index contributed by atoms with van der Waals surface area (Å²) in [5, 5.41) is 9.96. The lowest BCUT2D eigenvalue weighted by Gasteiger charge is -2.25. The van der Waals surface area contributed by atoms with Gasteiger partial charge in [-0.2, -0.15) is 4.98 Å². The Morgan fingerprint density at radius 1 is 1.36 bits per heavy atom. The van der Waals surface area contributed by atoms with Crippen LogP contribution in [0, 0.1) is 5.92 Å². The number of hydrogen-bond acceptors (Lipinski definition) is 7. The predicted molar refractivity (Wildman–Crippen MR) is 94.7 cm³/mol. The minimum Gasteiger partial charge on any atom is -0.486 e. The van der Waals surface area contributed by atoms with Gasteiger partial charge in [-0.15, -0.1) is 5.10 Å². The fourth-order valence-electron chi connectivity index (χ4n) is 2.56. The first-order valence-electron chi connectivity index (χ1n) is 8.02. The van der Waals surface area contributed by atoms with Crippen LogP contribution in [0.4, 0.5) is 5.95 Å². The van der Waals surface area contributed by atoms with E-state index < -0.39 is 0 Å². The number of anilines is 1. The molecule has 0 radical (unpaired) electrons. The highest BCUT2D eigenvalue weighted by Crippen LogP contribution is 2.34. The standard InChI is InChI=1S/C16H21N5O3S/c1-9(2)14(10-3-4-11-12(7-10)24-6-5-23-11)18-13(22)8-25-16-19-15(17)20-21-16/h3-4,7,9,14H,5-6,8H2,1-2H3,(H,18,22)(H3,17,19,20,21)/t14-/m1/s1. The van der Waals surface area contributed by atoms with E-state index >= 15 is 0 Å². The van der Waals surface area contributed by atoms with Gasteiger partial charge in [-0.05, 0) is 23.6 Å². The van der Waals surface area contributed by atoms with Gasteiger partial charge in [-0.25, -0.2) is 5.10 Å². The van der Waals surface area contributed by atoms with E-state index in [1.165, 1.54) is 11.8 Å². The summed E-state index contributed by atoms with van der Waals surface area (Å²) in [4.78, 5) is 16.3. The van der Waals surface area contributed by atoms with Crippen LogP contribution >= 0.6 is 11.8 Å². The molecule has 9 heteroatoms. The Labute approximate surface area is 149 Å². The number of H-pyrrole nitrogens is 1. The topological polar surface area (TPSA) is 115 Å². The van der Waals surface area contributed by atoms with Crippen molar-refractivity contribution in [2.45, 2.75) is 25.0 Å². The van der Waals surface area contributed by atoms with E-state index in [4.69, 9.17) is 15.2 Å². The fourth-order valence-corrected chi connectivity index (χ4v) is 3.17. The van der Waals surface area contributed by atoms with Gasteiger partial charge < -0.3 is 20.5 Å². The lowest BCUT2D eigenvalue weighted by atomic mass is 9.95. The molecule has 2 heterocycles. The Morgan fingerprint density at radius 3 is 2.80 bits per heavy atom. The number of nitrogen functional groups attached to an aromatic ring is 1. The van der Waals surface area contributed by atoms with Crippen LogP contribution in [0.1, 0.15) is 25.5 Å². The highest BCUT2D eigenvalue weighted by Gasteiger charge is 2.21. The van der Waals surface area contributed by atoms with Crippen LogP contribution in [-0.4, -0.2) is 40.1 Å². The predicted octanol–water partition coefficient (Wildman–Crippen LogP) is 1.76. The second kappa shape index (κ2) is 7.64. The van der Waals surface area contributed by atoms with Crippen LogP contribution in [0.2, 0.25) is 0 Å². The van der Waals surface area contributed by atoms with Gasteiger partial charge in [0.25, 0.3) is 0 Å². The molecular formula is C16H21N5O3S. The number of carbonyl (C=O) groups excluding carboxylic acids is 1. The average molecular weight is 363 g/mol. The number of carbonyl (C=O) groups is 1. The SMILES string of the molecule is CC(C)[C@@H](NC(=O)CSc1n[nH]c(N)n1)c1ccc2c(c1)OCCO2. The number of thioether (sulfide) groups is 1. The molecule has 3 rings (SSSR count). The summed E-state index contributed by atoms with van der Waals surface area (Å²) < 4.78 is 11.2. The van der Waals surface area contributed by atoms with Gasteiger partial charge in [0, 0.05) is 0 Å². The average Bonchev–Trinajstić information content (AvgIpc) is 3.02. The second-order valence-corrected chi connectivity index (χ2v) is 6.93. The lowest BCUT2D eigenvalue weighted by Crippen LogP contribution is -2.33. The molecule has 0 saturated carbocycles. The van der Waals surface area contributed by atoms with Crippen molar-refractivity contribution in [3.05, 3.63) is 23.8 Å². The summed E-state index contributed by atoms with van der Waals surface area (Å²) in [5.74, 6) is 2.03. The van der Waals surface area contributed by atoms with E-state index in [1.54, 1.807) is 0 Å². The number of hydrogen-bond donors (Lipinski definition) is 3. The third-order valence-electron chi connectivity index (χ3n) is 3.72. The Bertz CT molecular complexity index is 749. The number of aromatic amines is 1. The molecule has 1 aromatic heterocycles. The third-order valence-corrected chi connectivity index (χ3v) is 4.57. The summed E-state index contributed by atoms with van der Waals surface area (Å²) >= 11 is 1.23. The van der Waals surface area contributed by atoms with E-state index in [-0.39, 0.29) is 29.6 Å². The highest BCUT2D eigenvalue weighted by atomic mass is 32.2. The largest absolute Gasteiger partial charge is 0.486 e. The maximum absolute atomic E-state index is 12.3. The Hall–Kier alpha value is -2.42. The first-order chi connectivity index (χ1) is 12.0. The van der Waals surface area contributed by atoms with Crippen LogP contribution in [-0.2, 0) is 4.79 Å². The number of nitrogens with zero attached hydrogens (tertiary/aromatic N) is 2. The van der Waals surface area contributed by atoms with Crippen molar-refractivity contribution < 1.29 is 14.3 Å². The van der Waals surface area contributed by atoms with E-state index in [0.717, 1.165) is 11.3 Å². The maximum Gasteiger partial charge on any atom is 0.230 e. The Balaban J connectivity index is 1.65. The zero-order valence-corrected chi connectivity index (χ0v) is 14.9. The zero-order chi connectivity index (χ0) is 17.8. The molecule has 0 unspecified atom stereocenters. The van der Waals surface area contributed by atoms with E-state index in [1.807, 2.05) is 18.2 Å². The van der Waals surface area contributed by atoms with Crippen molar-refractivity contribution in [1.82, 2.24) is 20.5 Å². The second-order valence-electron chi connectivity index (χ2n) is 5.98. The number of ether oxygens (including phenoxy) is 2. The molecule has 1 aromatic carbocycles. The van der Waals surface area contributed by atoms with Crippen molar-refractivity contribution >= 4 is 23.6 Å². The number of nitrogens with two attached hydrogens (primary N) is 1. The number of nitrogens with one attached hydrogen (secondary N) is 2. The van der Waals surface area contributed by atoms with Gasteiger partial charge in [0.2, 0.25) is 17.0 Å². The third kappa shape index (κ3) is 4.36. The molecular weight excluding hydrogens is 342 g/mol. The highest BCUT2D eigenvalue weighted by molar-refractivity contribution is 7.99. The van der Waals surface area contributed by atoms with Gasteiger partial charge in [-0.3, -0.25) is 4.79 Å².